The van der Waals surface area contributed by atoms with Crippen LogP contribution in [0.3, 0.4) is 0 Å². The van der Waals surface area contributed by atoms with E-state index >= 15 is 0 Å². The van der Waals surface area contributed by atoms with Gasteiger partial charge in [0.05, 0.1) is 31.3 Å². The molecule has 1 aromatic carbocycles. The van der Waals surface area contributed by atoms with Gasteiger partial charge in [-0.3, -0.25) is 0 Å². The van der Waals surface area contributed by atoms with Crippen LogP contribution in [0.2, 0.25) is 0 Å². The van der Waals surface area contributed by atoms with E-state index in [1.54, 1.807) is 0 Å². The lowest BCUT2D eigenvalue weighted by Crippen LogP contribution is -2.00. The molecule has 0 radical (unpaired) electrons. The molecule has 2 aliphatic rings. The molecular formula is C13H15BrO3. The predicted molar refractivity (Wildman–Crippen MR) is 68.2 cm³/mol. The van der Waals surface area contributed by atoms with Crippen LogP contribution >= 0.6 is 15.9 Å². The van der Waals surface area contributed by atoms with E-state index in [4.69, 9.17) is 14.2 Å². The number of benzene rings is 1. The van der Waals surface area contributed by atoms with Crippen LogP contribution < -0.4 is 9.47 Å². The number of rotatable bonds is 0. The highest BCUT2D eigenvalue weighted by Gasteiger charge is 2.21. The van der Waals surface area contributed by atoms with Gasteiger partial charge in [-0.25, -0.2) is 0 Å². The molecule has 0 aliphatic carbocycles. The topological polar surface area (TPSA) is 27.7 Å². The van der Waals surface area contributed by atoms with E-state index in [0.29, 0.717) is 6.61 Å². The highest BCUT2D eigenvalue weighted by atomic mass is 79.9. The van der Waals surface area contributed by atoms with Gasteiger partial charge in [0, 0.05) is 6.42 Å². The predicted octanol–water partition coefficient (Wildman–Crippen LogP) is 2.86. The minimum atomic E-state index is 0.247. The Bertz CT molecular complexity index is 419. The Balaban J connectivity index is 2.03. The molecule has 0 bridgehead atoms. The highest BCUT2D eigenvalue weighted by Crippen LogP contribution is 2.38. The largest absolute Gasteiger partial charge is 0.490 e. The van der Waals surface area contributed by atoms with Gasteiger partial charge in [-0.1, -0.05) is 15.9 Å². The molecule has 3 nitrogen and oxygen atoms in total. The van der Waals surface area contributed by atoms with E-state index in [1.165, 1.54) is 11.1 Å². The second-order valence-corrected chi connectivity index (χ2v) is 5.45. The van der Waals surface area contributed by atoms with Crippen molar-refractivity contribution >= 4 is 15.9 Å². The number of ether oxygens (including phenoxy) is 3. The maximum absolute atomic E-state index is 5.72. The second-order valence-electron chi connectivity index (χ2n) is 4.34. The fourth-order valence-electron chi connectivity index (χ4n) is 2.23. The lowest BCUT2D eigenvalue weighted by atomic mass is 10.0. The maximum Gasteiger partial charge on any atom is 0.161 e. The molecule has 92 valence electrons. The molecule has 0 aromatic heterocycles. The van der Waals surface area contributed by atoms with Crippen LogP contribution in [0.5, 0.6) is 11.5 Å². The molecule has 1 aromatic rings. The maximum atomic E-state index is 5.72. The minimum Gasteiger partial charge on any atom is -0.490 e. The van der Waals surface area contributed by atoms with E-state index in [2.05, 4.69) is 28.1 Å². The van der Waals surface area contributed by atoms with Gasteiger partial charge in [-0.05, 0) is 29.7 Å². The van der Waals surface area contributed by atoms with Gasteiger partial charge in [0.2, 0.25) is 0 Å². The molecule has 1 atom stereocenters. The monoisotopic (exact) mass is 298 g/mol. The molecule has 0 N–H and O–H groups in total. The standard InChI is InChI=1S/C13H15BrO3/c14-11-8-15-5-2-9-6-12-13(7-10(9)11)17-4-1-3-16-12/h6-7,11H,1-5,8H2. The molecule has 2 heterocycles. The van der Waals surface area contributed by atoms with Crippen molar-refractivity contribution in [3.8, 4) is 11.5 Å². The third-order valence-electron chi connectivity index (χ3n) is 3.13. The molecule has 4 heteroatoms. The summed E-state index contributed by atoms with van der Waals surface area (Å²) >= 11 is 3.66. The molecule has 2 aliphatic heterocycles. The summed E-state index contributed by atoms with van der Waals surface area (Å²) in [6.45, 7) is 2.96. The highest BCUT2D eigenvalue weighted by molar-refractivity contribution is 9.09. The summed E-state index contributed by atoms with van der Waals surface area (Å²) in [5.41, 5.74) is 2.57. The van der Waals surface area contributed by atoms with Crippen LogP contribution in [0.15, 0.2) is 12.1 Å². The Morgan fingerprint density at radius 3 is 2.65 bits per heavy atom. The average molecular weight is 299 g/mol. The van der Waals surface area contributed by atoms with Crippen LogP contribution in [0.1, 0.15) is 22.4 Å². The smallest absolute Gasteiger partial charge is 0.161 e. The summed E-state index contributed by atoms with van der Waals surface area (Å²) in [6, 6.07) is 4.21. The van der Waals surface area contributed by atoms with Crippen molar-refractivity contribution in [1.29, 1.82) is 0 Å². The molecule has 1 unspecified atom stereocenters. The normalized spacial score (nSPS) is 23.5. The zero-order chi connectivity index (χ0) is 11.7. The van der Waals surface area contributed by atoms with Crippen LogP contribution in [0.4, 0.5) is 0 Å². The number of fused-ring (bicyclic) bond motifs is 2. The lowest BCUT2D eigenvalue weighted by molar-refractivity contribution is 0.146. The van der Waals surface area contributed by atoms with Crippen molar-refractivity contribution in [1.82, 2.24) is 0 Å². The van der Waals surface area contributed by atoms with Gasteiger partial charge in [0.1, 0.15) is 0 Å². The van der Waals surface area contributed by atoms with Gasteiger partial charge >= 0.3 is 0 Å². The van der Waals surface area contributed by atoms with Crippen molar-refractivity contribution in [3.05, 3.63) is 23.3 Å². The number of alkyl halides is 1. The second kappa shape index (κ2) is 4.86. The van der Waals surface area contributed by atoms with Crippen molar-refractivity contribution in [3.63, 3.8) is 0 Å². The summed E-state index contributed by atoms with van der Waals surface area (Å²) < 4.78 is 17.0. The van der Waals surface area contributed by atoms with E-state index < -0.39 is 0 Å². The van der Waals surface area contributed by atoms with Crippen LogP contribution in [-0.4, -0.2) is 26.4 Å². The first-order valence-corrected chi connectivity index (χ1v) is 6.90. The first-order chi connectivity index (χ1) is 8.34. The molecular weight excluding hydrogens is 284 g/mol. The number of hydrogen-bond acceptors (Lipinski definition) is 3. The zero-order valence-electron chi connectivity index (χ0n) is 9.58. The van der Waals surface area contributed by atoms with E-state index in [-0.39, 0.29) is 4.83 Å². The molecule has 0 saturated heterocycles. The summed E-state index contributed by atoms with van der Waals surface area (Å²) in [4.78, 5) is 0.247. The van der Waals surface area contributed by atoms with Crippen molar-refractivity contribution in [2.24, 2.45) is 0 Å². The Labute approximate surface area is 109 Å². The Morgan fingerprint density at radius 2 is 1.82 bits per heavy atom. The molecule has 0 amide bonds. The summed E-state index contributed by atoms with van der Waals surface area (Å²) in [6.07, 6.45) is 1.88. The van der Waals surface area contributed by atoms with Crippen molar-refractivity contribution in [2.75, 3.05) is 26.4 Å². The van der Waals surface area contributed by atoms with E-state index in [1.807, 2.05) is 0 Å². The first kappa shape index (κ1) is 11.4. The van der Waals surface area contributed by atoms with Gasteiger partial charge in [-0.15, -0.1) is 0 Å². The Hall–Kier alpha value is -0.740. The number of halogens is 1. The van der Waals surface area contributed by atoms with Crippen molar-refractivity contribution in [2.45, 2.75) is 17.7 Å². The van der Waals surface area contributed by atoms with Gasteiger partial charge in [-0.2, -0.15) is 0 Å². The first-order valence-electron chi connectivity index (χ1n) is 5.99. The Kier molecular flexibility index (Phi) is 3.25. The SMILES string of the molecule is BrC1COCCc2cc3c(cc21)OCCCO3. The van der Waals surface area contributed by atoms with Gasteiger partial charge in [0.15, 0.2) is 11.5 Å². The summed E-state index contributed by atoms with van der Waals surface area (Å²) in [5, 5.41) is 0. The number of hydrogen-bond donors (Lipinski definition) is 0. The minimum absolute atomic E-state index is 0.247. The van der Waals surface area contributed by atoms with Gasteiger partial charge in [0.25, 0.3) is 0 Å². The van der Waals surface area contributed by atoms with E-state index in [0.717, 1.165) is 44.2 Å². The molecule has 0 saturated carbocycles. The summed E-state index contributed by atoms with van der Waals surface area (Å²) in [7, 11) is 0. The quantitative estimate of drug-likeness (QED) is 0.689. The van der Waals surface area contributed by atoms with Crippen LogP contribution in [0, 0.1) is 0 Å². The van der Waals surface area contributed by atoms with Crippen LogP contribution in [0.25, 0.3) is 0 Å². The third-order valence-corrected chi connectivity index (χ3v) is 3.88. The van der Waals surface area contributed by atoms with Crippen molar-refractivity contribution < 1.29 is 14.2 Å². The van der Waals surface area contributed by atoms with Gasteiger partial charge < -0.3 is 14.2 Å². The fourth-order valence-corrected chi connectivity index (χ4v) is 2.85. The zero-order valence-corrected chi connectivity index (χ0v) is 11.2. The fraction of sp³-hybridized carbons (Fsp3) is 0.538. The van der Waals surface area contributed by atoms with Crippen LogP contribution in [-0.2, 0) is 11.2 Å². The Morgan fingerprint density at radius 1 is 1.06 bits per heavy atom. The third kappa shape index (κ3) is 2.29. The summed E-state index contributed by atoms with van der Waals surface area (Å²) in [5.74, 6) is 1.75. The lowest BCUT2D eigenvalue weighted by Gasteiger charge is -2.14. The van der Waals surface area contributed by atoms with E-state index in [9.17, 15) is 0 Å². The average Bonchev–Trinajstić information content (AvgIpc) is 2.66. The molecule has 17 heavy (non-hydrogen) atoms. The molecule has 0 fully saturated rings. The molecule has 0 spiro atoms. The molecule has 3 rings (SSSR count).